The van der Waals surface area contributed by atoms with Gasteiger partial charge in [0.15, 0.2) is 0 Å². The van der Waals surface area contributed by atoms with E-state index in [9.17, 15) is 5.11 Å². The highest BCUT2D eigenvalue weighted by Gasteiger charge is 2.26. The number of methoxy groups -OCH3 is 2. The first kappa shape index (κ1) is 26.5. The standard InChI is InChI=1S/C28H36N6O3/c1-19(14-34(29-4)18-28(2,3)35)23-10-8-21-13-30-27(12-25(21)31-23)32-24-9-7-20(11-26(24)37-6)15-33-16-22(17-33)36-5/h7-14,22,35H,4,15-18H2,1-3,5-6H3,(H,30,32)/b19-14+. The summed E-state index contributed by atoms with van der Waals surface area (Å²) in [4.78, 5) is 11.7. The Labute approximate surface area is 218 Å². The Hall–Kier alpha value is -3.53. The molecule has 1 saturated heterocycles. The summed E-state index contributed by atoms with van der Waals surface area (Å²) in [5, 5.41) is 20.0. The maximum absolute atomic E-state index is 10.1. The maximum Gasteiger partial charge on any atom is 0.142 e. The van der Waals surface area contributed by atoms with Crippen LogP contribution in [0, 0.1) is 0 Å². The molecule has 0 amide bonds. The predicted octanol–water partition coefficient (Wildman–Crippen LogP) is 4.26. The number of pyridine rings is 2. The van der Waals surface area contributed by atoms with E-state index in [-0.39, 0.29) is 0 Å². The lowest BCUT2D eigenvalue weighted by molar-refractivity contribution is -0.0334. The Morgan fingerprint density at radius 1 is 1.27 bits per heavy atom. The highest BCUT2D eigenvalue weighted by molar-refractivity contribution is 5.83. The molecule has 196 valence electrons. The van der Waals surface area contributed by atoms with Crippen molar-refractivity contribution in [3.8, 4) is 5.75 Å². The van der Waals surface area contributed by atoms with Gasteiger partial charge in [0.25, 0.3) is 0 Å². The Balaban J connectivity index is 1.51. The molecule has 37 heavy (non-hydrogen) atoms. The fourth-order valence-electron chi connectivity index (χ4n) is 4.26. The van der Waals surface area contributed by atoms with E-state index in [2.05, 4.69) is 39.2 Å². The van der Waals surface area contributed by atoms with Crippen molar-refractivity contribution in [2.75, 3.05) is 39.2 Å². The van der Waals surface area contributed by atoms with Gasteiger partial charge in [-0.2, -0.15) is 5.10 Å². The van der Waals surface area contributed by atoms with Crippen molar-refractivity contribution in [2.45, 2.75) is 39.0 Å². The molecule has 1 fully saturated rings. The van der Waals surface area contributed by atoms with Crippen molar-refractivity contribution in [1.82, 2.24) is 19.9 Å². The van der Waals surface area contributed by atoms with Crippen LogP contribution in [0.4, 0.5) is 11.5 Å². The number of nitrogens with one attached hydrogen (secondary N) is 1. The molecule has 3 heterocycles. The van der Waals surface area contributed by atoms with Crippen molar-refractivity contribution in [3.05, 3.63) is 60.1 Å². The number of hydrogen-bond acceptors (Lipinski definition) is 9. The average Bonchev–Trinajstić information content (AvgIpc) is 2.84. The van der Waals surface area contributed by atoms with Gasteiger partial charge in [0.1, 0.15) is 11.6 Å². The van der Waals surface area contributed by atoms with Crippen LogP contribution in [0.15, 0.2) is 53.9 Å². The van der Waals surface area contributed by atoms with Gasteiger partial charge in [0, 0.05) is 57.3 Å². The summed E-state index contributed by atoms with van der Waals surface area (Å²) >= 11 is 0. The van der Waals surface area contributed by atoms with Crippen LogP contribution in [0.2, 0.25) is 0 Å². The van der Waals surface area contributed by atoms with Gasteiger partial charge >= 0.3 is 0 Å². The lowest BCUT2D eigenvalue weighted by Crippen LogP contribution is -2.50. The minimum Gasteiger partial charge on any atom is -0.495 e. The van der Waals surface area contributed by atoms with Crippen LogP contribution < -0.4 is 10.1 Å². The topological polar surface area (TPSA) is 95.3 Å². The average molecular weight is 505 g/mol. The zero-order chi connectivity index (χ0) is 26.6. The highest BCUT2D eigenvalue weighted by Crippen LogP contribution is 2.30. The third-order valence-corrected chi connectivity index (χ3v) is 6.24. The number of aliphatic hydroxyl groups is 1. The van der Waals surface area contributed by atoms with Gasteiger partial charge in [-0.05, 0) is 56.2 Å². The third kappa shape index (κ3) is 6.82. The van der Waals surface area contributed by atoms with Crippen LogP contribution in [0.25, 0.3) is 16.5 Å². The lowest BCUT2D eigenvalue weighted by atomic mass is 10.1. The quantitative estimate of drug-likeness (QED) is 0.295. The van der Waals surface area contributed by atoms with Gasteiger partial charge in [-0.25, -0.2) is 9.97 Å². The molecule has 3 aromatic rings. The Bertz CT molecular complexity index is 1280. The van der Waals surface area contributed by atoms with E-state index in [1.54, 1.807) is 39.3 Å². The van der Waals surface area contributed by atoms with Crippen LogP contribution >= 0.6 is 0 Å². The first-order valence-electron chi connectivity index (χ1n) is 12.3. The van der Waals surface area contributed by atoms with Gasteiger partial charge in [0.05, 0.1) is 42.3 Å². The molecule has 2 N–H and O–H groups in total. The van der Waals surface area contributed by atoms with E-state index in [0.717, 1.165) is 53.2 Å². The molecule has 0 unspecified atom stereocenters. The minimum absolute atomic E-state index is 0.325. The summed E-state index contributed by atoms with van der Waals surface area (Å²) in [6.07, 6.45) is 3.97. The molecule has 0 saturated carbocycles. The van der Waals surface area contributed by atoms with E-state index >= 15 is 0 Å². The van der Waals surface area contributed by atoms with Crippen molar-refractivity contribution in [3.63, 3.8) is 0 Å². The van der Waals surface area contributed by atoms with Crippen LogP contribution in [0.1, 0.15) is 32.0 Å². The van der Waals surface area contributed by atoms with Crippen LogP contribution in [-0.4, -0.2) is 77.3 Å². The van der Waals surface area contributed by atoms with Crippen LogP contribution in [-0.2, 0) is 11.3 Å². The molecule has 4 rings (SSSR count). The molecule has 1 aliphatic rings. The molecule has 9 heteroatoms. The van der Waals surface area contributed by atoms with Gasteiger partial charge in [-0.3, -0.25) is 9.91 Å². The number of fused-ring (bicyclic) bond motifs is 1. The van der Waals surface area contributed by atoms with Crippen molar-refractivity contribution in [2.24, 2.45) is 5.10 Å². The number of nitrogens with zero attached hydrogens (tertiary/aromatic N) is 5. The summed E-state index contributed by atoms with van der Waals surface area (Å²) in [7, 11) is 3.43. The number of ether oxygens (including phenoxy) is 2. The predicted molar refractivity (Wildman–Crippen MR) is 148 cm³/mol. The molecule has 1 aliphatic heterocycles. The maximum atomic E-state index is 10.1. The van der Waals surface area contributed by atoms with Gasteiger partial charge in [-0.15, -0.1) is 0 Å². The van der Waals surface area contributed by atoms with E-state index in [0.29, 0.717) is 18.5 Å². The number of anilines is 2. The fourth-order valence-corrected chi connectivity index (χ4v) is 4.26. The number of allylic oxidation sites excluding steroid dienone is 1. The highest BCUT2D eigenvalue weighted by atomic mass is 16.5. The second-order valence-electron chi connectivity index (χ2n) is 10.0. The van der Waals surface area contributed by atoms with Gasteiger partial charge in [-0.1, -0.05) is 6.07 Å². The Kier molecular flexibility index (Phi) is 8.06. The summed E-state index contributed by atoms with van der Waals surface area (Å²) < 4.78 is 11.0. The first-order valence-corrected chi connectivity index (χ1v) is 12.3. The van der Waals surface area contributed by atoms with Crippen LogP contribution in [0.3, 0.4) is 0 Å². The van der Waals surface area contributed by atoms with E-state index in [4.69, 9.17) is 14.5 Å². The smallest absolute Gasteiger partial charge is 0.142 e. The molecule has 1 aromatic carbocycles. The molecule has 0 aliphatic carbocycles. The van der Waals surface area contributed by atoms with Crippen LogP contribution in [0.5, 0.6) is 5.75 Å². The van der Waals surface area contributed by atoms with Crippen molar-refractivity contribution in [1.29, 1.82) is 0 Å². The lowest BCUT2D eigenvalue weighted by Gasteiger charge is -2.38. The van der Waals surface area contributed by atoms with Crippen molar-refractivity contribution < 1.29 is 14.6 Å². The van der Waals surface area contributed by atoms with E-state index in [1.807, 2.05) is 37.4 Å². The molecular weight excluding hydrogens is 468 g/mol. The number of rotatable bonds is 11. The first-order chi connectivity index (χ1) is 17.7. The van der Waals surface area contributed by atoms with Gasteiger partial charge in [0.2, 0.25) is 0 Å². The Morgan fingerprint density at radius 2 is 2.05 bits per heavy atom. The summed E-state index contributed by atoms with van der Waals surface area (Å²) in [5.41, 5.74) is 3.64. The number of likely N-dealkylation sites (tertiary alicyclic amines) is 1. The minimum atomic E-state index is -0.901. The second kappa shape index (κ2) is 11.2. The Morgan fingerprint density at radius 3 is 2.73 bits per heavy atom. The molecule has 0 radical (unpaired) electrons. The van der Waals surface area contributed by atoms with Gasteiger partial charge < -0.3 is 19.9 Å². The number of benzene rings is 1. The summed E-state index contributed by atoms with van der Waals surface area (Å²) in [6.45, 7) is 12.1. The second-order valence-corrected chi connectivity index (χ2v) is 10.0. The normalized spacial score (nSPS) is 14.9. The molecule has 9 nitrogen and oxygen atoms in total. The number of hydrogen-bond donors (Lipinski definition) is 2. The largest absolute Gasteiger partial charge is 0.495 e. The summed E-state index contributed by atoms with van der Waals surface area (Å²) in [5.74, 6) is 1.43. The molecule has 0 spiro atoms. The molecule has 2 aromatic heterocycles. The molecule has 0 atom stereocenters. The number of hydrazone groups is 1. The molecule has 0 bridgehead atoms. The molecular formula is C28H36N6O3. The summed E-state index contributed by atoms with van der Waals surface area (Å²) in [6, 6.07) is 12.0. The van der Waals surface area contributed by atoms with Crippen molar-refractivity contribution >= 4 is 34.7 Å². The third-order valence-electron chi connectivity index (χ3n) is 6.24. The van der Waals surface area contributed by atoms with E-state index in [1.165, 1.54) is 5.56 Å². The fraction of sp³-hybridized carbons (Fsp3) is 0.393. The SMILES string of the molecule is C=NN(/C=C(\C)c1ccc2cnc(Nc3ccc(CN4CC(OC)C4)cc3OC)cc2n1)CC(C)(C)O. The van der Waals surface area contributed by atoms with E-state index < -0.39 is 5.60 Å². The zero-order valence-electron chi connectivity index (χ0n) is 22.2. The monoisotopic (exact) mass is 504 g/mol. The number of aromatic nitrogens is 2. The zero-order valence-corrected chi connectivity index (χ0v) is 22.2.